The molecule has 1 aliphatic rings. The van der Waals surface area contributed by atoms with Gasteiger partial charge in [-0.25, -0.2) is 4.98 Å². The van der Waals surface area contributed by atoms with Crippen LogP contribution in [0.25, 0.3) is 5.65 Å². The molecule has 1 aliphatic carbocycles. The fraction of sp³-hybridized carbons (Fsp3) is 0.412. The number of hydrogen-bond acceptors (Lipinski definition) is 5. The van der Waals surface area contributed by atoms with E-state index in [2.05, 4.69) is 26.7 Å². The Morgan fingerprint density at radius 2 is 2.17 bits per heavy atom. The van der Waals surface area contributed by atoms with Gasteiger partial charge in [0.05, 0.1) is 5.69 Å². The number of fused-ring (bicyclic) bond motifs is 1. The predicted molar refractivity (Wildman–Crippen MR) is 93.4 cm³/mol. The van der Waals surface area contributed by atoms with Crippen LogP contribution in [-0.4, -0.2) is 24.1 Å². The minimum atomic E-state index is -0.0464. The molecule has 7 heteroatoms. The topological polar surface area (TPSA) is 65.1 Å². The van der Waals surface area contributed by atoms with E-state index in [1.165, 1.54) is 12.8 Å². The highest BCUT2D eigenvalue weighted by molar-refractivity contribution is 7.98. The Hall–Kier alpha value is -2.15. The molecule has 0 aliphatic heterocycles. The lowest BCUT2D eigenvalue weighted by Crippen LogP contribution is -2.15. The van der Waals surface area contributed by atoms with Crippen molar-refractivity contribution < 1.29 is 0 Å². The van der Waals surface area contributed by atoms with Gasteiger partial charge in [0.15, 0.2) is 5.16 Å². The molecule has 1 fully saturated rings. The first kappa shape index (κ1) is 15.4. The Labute approximate surface area is 143 Å². The van der Waals surface area contributed by atoms with E-state index in [0.29, 0.717) is 11.7 Å². The lowest BCUT2D eigenvalue weighted by atomic mass is 10.3. The van der Waals surface area contributed by atoms with E-state index < -0.39 is 0 Å². The molecular formula is C17H19N5OS. The van der Waals surface area contributed by atoms with Gasteiger partial charge >= 0.3 is 0 Å². The van der Waals surface area contributed by atoms with Crippen LogP contribution in [0.1, 0.15) is 42.8 Å². The number of pyridine rings is 1. The Kier molecular flexibility index (Phi) is 3.88. The predicted octanol–water partition coefficient (Wildman–Crippen LogP) is 2.78. The highest BCUT2D eigenvalue weighted by Gasteiger charge is 2.29. The summed E-state index contributed by atoms with van der Waals surface area (Å²) in [6, 6.07) is 5.44. The van der Waals surface area contributed by atoms with Gasteiger partial charge in [-0.3, -0.25) is 9.20 Å². The second-order valence-corrected chi connectivity index (χ2v) is 7.06. The van der Waals surface area contributed by atoms with E-state index in [1.54, 1.807) is 28.4 Å². The molecule has 3 heterocycles. The zero-order valence-electron chi connectivity index (χ0n) is 13.8. The molecule has 24 heavy (non-hydrogen) atoms. The Bertz CT molecular complexity index is 957. The molecule has 0 amide bonds. The van der Waals surface area contributed by atoms with E-state index >= 15 is 0 Å². The third-order valence-corrected chi connectivity index (χ3v) is 5.29. The SMILES string of the molecule is CCn1c(SCc2cc(=O)n3cccc(C)c3n2)nnc1C1CC1. The monoisotopic (exact) mass is 341 g/mol. The van der Waals surface area contributed by atoms with E-state index in [9.17, 15) is 4.79 Å². The summed E-state index contributed by atoms with van der Waals surface area (Å²) < 4.78 is 3.77. The average Bonchev–Trinajstić information content (AvgIpc) is 3.34. The Morgan fingerprint density at radius 1 is 1.33 bits per heavy atom. The van der Waals surface area contributed by atoms with Crippen molar-refractivity contribution in [3.8, 4) is 0 Å². The maximum Gasteiger partial charge on any atom is 0.258 e. The molecule has 124 valence electrons. The molecule has 0 aromatic carbocycles. The van der Waals surface area contributed by atoms with Crippen LogP contribution >= 0.6 is 11.8 Å². The van der Waals surface area contributed by atoms with Gasteiger partial charge in [0.2, 0.25) is 0 Å². The summed E-state index contributed by atoms with van der Waals surface area (Å²) in [7, 11) is 0. The number of thioether (sulfide) groups is 1. The minimum absolute atomic E-state index is 0.0464. The number of aromatic nitrogens is 5. The van der Waals surface area contributed by atoms with Gasteiger partial charge in [-0.05, 0) is 38.3 Å². The van der Waals surface area contributed by atoms with Crippen LogP contribution < -0.4 is 5.56 Å². The maximum atomic E-state index is 12.3. The first-order chi connectivity index (χ1) is 11.7. The fourth-order valence-electron chi connectivity index (χ4n) is 2.87. The zero-order chi connectivity index (χ0) is 16.7. The van der Waals surface area contributed by atoms with Crippen molar-refractivity contribution in [3.05, 3.63) is 51.8 Å². The molecule has 0 unspecified atom stereocenters. The highest BCUT2D eigenvalue weighted by Crippen LogP contribution is 2.40. The van der Waals surface area contributed by atoms with Crippen LogP contribution in [0.3, 0.4) is 0 Å². The van der Waals surface area contributed by atoms with Crippen molar-refractivity contribution in [2.45, 2.75) is 50.1 Å². The molecule has 0 bridgehead atoms. The van der Waals surface area contributed by atoms with E-state index in [1.807, 2.05) is 19.1 Å². The summed E-state index contributed by atoms with van der Waals surface area (Å²) in [6.07, 6.45) is 4.18. The van der Waals surface area contributed by atoms with Crippen molar-refractivity contribution in [2.75, 3.05) is 0 Å². The van der Waals surface area contributed by atoms with Crippen molar-refractivity contribution in [2.24, 2.45) is 0 Å². The molecule has 4 rings (SSSR count). The number of nitrogens with zero attached hydrogens (tertiary/aromatic N) is 5. The van der Waals surface area contributed by atoms with Crippen LogP contribution in [-0.2, 0) is 12.3 Å². The van der Waals surface area contributed by atoms with E-state index in [-0.39, 0.29) is 5.56 Å². The van der Waals surface area contributed by atoms with E-state index in [4.69, 9.17) is 0 Å². The molecule has 3 aromatic heterocycles. The zero-order valence-corrected chi connectivity index (χ0v) is 14.6. The fourth-order valence-corrected chi connectivity index (χ4v) is 3.77. The second-order valence-electron chi connectivity index (χ2n) is 6.12. The van der Waals surface area contributed by atoms with Crippen molar-refractivity contribution >= 4 is 17.4 Å². The second kappa shape index (κ2) is 6.05. The smallest absolute Gasteiger partial charge is 0.258 e. The summed E-state index contributed by atoms with van der Waals surface area (Å²) in [4.78, 5) is 16.9. The maximum absolute atomic E-state index is 12.3. The van der Waals surface area contributed by atoms with Crippen molar-refractivity contribution in [1.82, 2.24) is 24.1 Å². The largest absolute Gasteiger partial charge is 0.306 e. The summed E-state index contributed by atoms with van der Waals surface area (Å²) in [6.45, 7) is 4.95. The first-order valence-corrected chi connectivity index (χ1v) is 9.19. The van der Waals surface area contributed by atoms with Crippen LogP contribution in [0.2, 0.25) is 0 Å². The molecule has 0 radical (unpaired) electrons. The van der Waals surface area contributed by atoms with Gasteiger partial charge in [0, 0.05) is 30.5 Å². The highest BCUT2D eigenvalue weighted by atomic mass is 32.2. The molecule has 6 nitrogen and oxygen atoms in total. The Balaban J connectivity index is 1.61. The normalized spacial score (nSPS) is 14.4. The molecule has 0 atom stereocenters. The van der Waals surface area contributed by atoms with Crippen LogP contribution in [0.15, 0.2) is 34.3 Å². The quantitative estimate of drug-likeness (QED) is 0.668. The molecule has 0 saturated heterocycles. The van der Waals surface area contributed by atoms with Gasteiger partial charge in [0.25, 0.3) is 5.56 Å². The summed E-state index contributed by atoms with van der Waals surface area (Å²) in [5, 5.41) is 9.59. The molecular weight excluding hydrogens is 322 g/mol. The molecule has 3 aromatic rings. The standard InChI is InChI=1S/C17H19N5OS/c1-3-21-16(12-6-7-12)19-20-17(21)24-10-13-9-14(23)22-8-4-5-11(2)15(22)18-13/h4-5,8-9,12H,3,6-7,10H2,1-2H3. The van der Waals surface area contributed by atoms with Crippen LogP contribution in [0.5, 0.6) is 0 Å². The Morgan fingerprint density at radius 3 is 2.92 bits per heavy atom. The molecule has 1 saturated carbocycles. The van der Waals surface area contributed by atoms with Crippen LogP contribution in [0, 0.1) is 6.92 Å². The first-order valence-electron chi connectivity index (χ1n) is 8.21. The van der Waals surface area contributed by atoms with Gasteiger partial charge in [-0.15, -0.1) is 10.2 Å². The number of hydrogen-bond donors (Lipinski definition) is 0. The lowest BCUT2D eigenvalue weighted by molar-refractivity contribution is 0.643. The third kappa shape index (κ3) is 2.73. The molecule has 0 spiro atoms. The minimum Gasteiger partial charge on any atom is -0.306 e. The summed E-state index contributed by atoms with van der Waals surface area (Å²) in [5.41, 5.74) is 2.44. The third-order valence-electron chi connectivity index (χ3n) is 4.29. The average molecular weight is 341 g/mol. The summed E-state index contributed by atoms with van der Waals surface area (Å²) >= 11 is 1.59. The van der Waals surface area contributed by atoms with Crippen molar-refractivity contribution in [3.63, 3.8) is 0 Å². The van der Waals surface area contributed by atoms with Gasteiger partial charge in [0.1, 0.15) is 11.5 Å². The van der Waals surface area contributed by atoms with Gasteiger partial charge in [-0.1, -0.05) is 17.8 Å². The number of rotatable bonds is 5. The van der Waals surface area contributed by atoms with E-state index in [0.717, 1.165) is 34.4 Å². The lowest BCUT2D eigenvalue weighted by Gasteiger charge is -2.07. The van der Waals surface area contributed by atoms with Gasteiger partial charge < -0.3 is 4.57 Å². The molecule has 0 N–H and O–H groups in total. The summed E-state index contributed by atoms with van der Waals surface area (Å²) in [5.74, 6) is 2.29. The van der Waals surface area contributed by atoms with Gasteiger partial charge in [-0.2, -0.15) is 0 Å². The van der Waals surface area contributed by atoms with Crippen LogP contribution in [0.4, 0.5) is 0 Å². The van der Waals surface area contributed by atoms with Crippen molar-refractivity contribution in [1.29, 1.82) is 0 Å². The number of aryl methyl sites for hydroxylation is 1.